The largest absolute Gasteiger partial charge is 0.338 e. The number of rotatable bonds is 3. The summed E-state index contributed by atoms with van der Waals surface area (Å²) in [5, 5.41) is 3.45. The maximum atomic E-state index is 11.2. The Bertz CT molecular complexity index is 480. The lowest BCUT2D eigenvalue weighted by Crippen LogP contribution is -2.39. The molecule has 1 aromatic rings. The van der Waals surface area contributed by atoms with Crippen LogP contribution >= 0.6 is 0 Å². The molecule has 108 valence electrons. The van der Waals surface area contributed by atoms with Gasteiger partial charge in [-0.2, -0.15) is 0 Å². The Morgan fingerprint density at radius 3 is 2.85 bits per heavy atom. The number of fused-ring (bicyclic) bond motifs is 1. The molecule has 3 heteroatoms. The standard InChI is InChI=1S/C17H24N2O/c1-2-15-10-17-14(11-19(15)12-20)4-3-5-16(17)13-6-8-18-9-7-13/h3-5,12-13,15,18H,2,6-11H2,1H3. The van der Waals surface area contributed by atoms with Gasteiger partial charge < -0.3 is 10.2 Å². The molecule has 1 atom stereocenters. The van der Waals surface area contributed by atoms with Crippen LogP contribution in [-0.4, -0.2) is 30.4 Å². The number of benzene rings is 1. The van der Waals surface area contributed by atoms with Gasteiger partial charge in [0.25, 0.3) is 0 Å². The van der Waals surface area contributed by atoms with Crippen LogP contribution in [0.25, 0.3) is 0 Å². The fourth-order valence-corrected chi connectivity index (χ4v) is 3.75. The summed E-state index contributed by atoms with van der Waals surface area (Å²) < 4.78 is 0. The summed E-state index contributed by atoms with van der Waals surface area (Å²) in [5.41, 5.74) is 4.44. The van der Waals surface area contributed by atoms with Crippen LogP contribution in [0.5, 0.6) is 0 Å². The Balaban J connectivity index is 1.92. The van der Waals surface area contributed by atoms with E-state index in [1.807, 2.05) is 4.90 Å². The van der Waals surface area contributed by atoms with E-state index in [2.05, 4.69) is 30.4 Å². The Morgan fingerprint density at radius 1 is 1.35 bits per heavy atom. The van der Waals surface area contributed by atoms with Crippen LogP contribution in [0.1, 0.15) is 48.8 Å². The number of hydrogen-bond acceptors (Lipinski definition) is 2. The van der Waals surface area contributed by atoms with Crippen molar-refractivity contribution in [1.29, 1.82) is 0 Å². The molecule has 1 amide bonds. The van der Waals surface area contributed by atoms with Crippen molar-refractivity contribution in [2.45, 2.75) is 51.1 Å². The second-order valence-electron chi connectivity index (χ2n) is 6.05. The first-order valence-electron chi connectivity index (χ1n) is 7.86. The van der Waals surface area contributed by atoms with E-state index in [0.717, 1.165) is 38.9 Å². The lowest BCUT2D eigenvalue weighted by atomic mass is 9.81. The number of nitrogens with zero attached hydrogens (tertiary/aromatic N) is 1. The average Bonchev–Trinajstić information content (AvgIpc) is 2.53. The molecule has 20 heavy (non-hydrogen) atoms. The van der Waals surface area contributed by atoms with Crippen molar-refractivity contribution >= 4 is 6.41 Å². The Hall–Kier alpha value is -1.35. The Morgan fingerprint density at radius 2 is 2.15 bits per heavy atom. The molecule has 1 unspecified atom stereocenters. The molecule has 0 aromatic heterocycles. The Labute approximate surface area is 121 Å². The second-order valence-corrected chi connectivity index (χ2v) is 6.05. The van der Waals surface area contributed by atoms with Gasteiger partial charge in [0.15, 0.2) is 0 Å². The summed E-state index contributed by atoms with van der Waals surface area (Å²) in [6, 6.07) is 7.06. The highest BCUT2D eigenvalue weighted by molar-refractivity contribution is 5.51. The van der Waals surface area contributed by atoms with E-state index in [-0.39, 0.29) is 0 Å². The molecular weight excluding hydrogens is 248 g/mol. The predicted octanol–water partition coefficient (Wildman–Crippen LogP) is 2.45. The monoisotopic (exact) mass is 272 g/mol. The molecule has 2 heterocycles. The number of carbonyl (C=O) groups is 1. The van der Waals surface area contributed by atoms with Crippen LogP contribution in [-0.2, 0) is 17.8 Å². The van der Waals surface area contributed by atoms with E-state index in [4.69, 9.17) is 0 Å². The molecule has 0 saturated carbocycles. The third-order valence-corrected chi connectivity index (χ3v) is 4.96. The van der Waals surface area contributed by atoms with Gasteiger partial charge in [-0.05, 0) is 61.4 Å². The molecule has 1 fully saturated rings. The van der Waals surface area contributed by atoms with Crippen LogP contribution in [0.2, 0.25) is 0 Å². The molecule has 3 nitrogen and oxygen atoms in total. The predicted molar refractivity (Wildman–Crippen MR) is 80.7 cm³/mol. The van der Waals surface area contributed by atoms with Crippen LogP contribution in [0.3, 0.4) is 0 Å². The summed E-state index contributed by atoms with van der Waals surface area (Å²) in [4.78, 5) is 13.2. The molecule has 2 aliphatic heterocycles. The lowest BCUT2D eigenvalue weighted by molar-refractivity contribution is -0.121. The highest BCUT2D eigenvalue weighted by atomic mass is 16.1. The van der Waals surface area contributed by atoms with Crippen LogP contribution < -0.4 is 5.32 Å². The van der Waals surface area contributed by atoms with E-state index in [0.29, 0.717) is 12.0 Å². The summed E-state index contributed by atoms with van der Waals surface area (Å²) >= 11 is 0. The number of amides is 1. The highest BCUT2D eigenvalue weighted by Gasteiger charge is 2.27. The van der Waals surface area contributed by atoms with Crippen molar-refractivity contribution in [3.8, 4) is 0 Å². The summed E-state index contributed by atoms with van der Waals surface area (Å²) in [6.07, 6.45) is 5.58. The molecule has 0 bridgehead atoms. The van der Waals surface area contributed by atoms with Gasteiger partial charge in [-0.1, -0.05) is 25.1 Å². The zero-order valence-electron chi connectivity index (χ0n) is 12.3. The summed E-state index contributed by atoms with van der Waals surface area (Å²) in [6.45, 7) is 5.23. The minimum atomic E-state index is 0.378. The van der Waals surface area contributed by atoms with Gasteiger partial charge in [-0.3, -0.25) is 4.79 Å². The highest BCUT2D eigenvalue weighted by Crippen LogP contribution is 2.34. The molecule has 1 N–H and O–H groups in total. The first kappa shape index (κ1) is 13.6. The number of hydrogen-bond donors (Lipinski definition) is 1. The molecule has 1 saturated heterocycles. The topological polar surface area (TPSA) is 32.3 Å². The van der Waals surface area contributed by atoms with Gasteiger partial charge in [-0.15, -0.1) is 0 Å². The van der Waals surface area contributed by atoms with Crippen molar-refractivity contribution < 1.29 is 4.79 Å². The Kier molecular flexibility index (Phi) is 4.06. The zero-order chi connectivity index (χ0) is 13.9. The first-order valence-corrected chi connectivity index (χ1v) is 7.86. The summed E-state index contributed by atoms with van der Waals surface area (Å²) in [7, 11) is 0. The molecule has 0 aliphatic carbocycles. The van der Waals surface area contributed by atoms with Crippen LogP contribution in [0, 0.1) is 0 Å². The minimum Gasteiger partial charge on any atom is -0.338 e. The van der Waals surface area contributed by atoms with Crippen molar-refractivity contribution in [2.75, 3.05) is 13.1 Å². The molecule has 2 aliphatic rings. The lowest BCUT2D eigenvalue weighted by Gasteiger charge is -2.36. The second kappa shape index (κ2) is 5.96. The zero-order valence-corrected chi connectivity index (χ0v) is 12.3. The molecule has 1 aromatic carbocycles. The third-order valence-electron chi connectivity index (χ3n) is 4.96. The smallest absolute Gasteiger partial charge is 0.210 e. The maximum Gasteiger partial charge on any atom is 0.210 e. The fourth-order valence-electron chi connectivity index (χ4n) is 3.75. The van der Waals surface area contributed by atoms with Gasteiger partial charge in [0, 0.05) is 12.6 Å². The third kappa shape index (κ3) is 2.47. The van der Waals surface area contributed by atoms with Gasteiger partial charge >= 0.3 is 0 Å². The van der Waals surface area contributed by atoms with Gasteiger partial charge in [0.2, 0.25) is 6.41 Å². The van der Waals surface area contributed by atoms with Crippen molar-refractivity contribution in [3.05, 3.63) is 34.9 Å². The van der Waals surface area contributed by atoms with E-state index < -0.39 is 0 Å². The summed E-state index contributed by atoms with van der Waals surface area (Å²) in [5.74, 6) is 0.700. The van der Waals surface area contributed by atoms with E-state index in [1.165, 1.54) is 24.0 Å². The molecule has 0 spiro atoms. The number of nitrogens with one attached hydrogen (secondary N) is 1. The first-order chi connectivity index (χ1) is 9.83. The van der Waals surface area contributed by atoms with Crippen molar-refractivity contribution in [3.63, 3.8) is 0 Å². The van der Waals surface area contributed by atoms with Crippen molar-refractivity contribution in [1.82, 2.24) is 10.2 Å². The molecular formula is C17H24N2O. The number of carbonyl (C=O) groups excluding carboxylic acids is 1. The molecule has 3 rings (SSSR count). The van der Waals surface area contributed by atoms with Crippen LogP contribution in [0.4, 0.5) is 0 Å². The van der Waals surface area contributed by atoms with E-state index >= 15 is 0 Å². The average molecular weight is 272 g/mol. The van der Waals surface area contributed by atoms with E-state index in [1.54, 1.807) is 5.56 Å². The number of piperidine rings is 1. The SMILES string of the molecule is CCC1Cc2c(cccc2C2CCNCC2)CN1C=O. The fraction of sp³-hybridized carbons (Fsp3) is 0.588. The van der Waals surface area contributed by atoms with Gasteiger partial charge in [-0.25, -0.2) is 0 Å². The molecule has 0 radical (unpaired) electrons. The van der Waals surface area contributed by atoms with Gasteiger partial charge in [0.05, 0.1) is 0 Å². The van der Waals surface area contributed by atoms with E-state index in [9.17, 15) is 4.79 Å². The van der Waals surface area contributed by atoms with Crippen molar-refractivity contribution in [2.24, 2.45) is 0 Å². The minimum absolute atomic E-state index is 0.378. The normalized spacial score (nSPS) is 23.4. The van der Waals surface area contributed by atoms with Gasteiger partial charge in [0.1, 0.15) is 0 Å². The maximum absolute atomic E-state index is 11.2. The quantitative estimate of drug-likeness (QED) is 0.857. The van der Waals surface area contributed by atoms with Crippen LogP contribution in [0.15, 0.2) is 18.2 Å².